The van der Waals surface area contributed by atoms with E-state index in [0.29, 0.717) is 17.8 Å². The Labute approximate surface area is 77.2 Å². The number of carbonyl (C=O) groups excluding carboxylic acids is 1. The second-order valence-corrected chi connectivity index (χ2v) is 2.43. The average molecular weight is 174 g/mol. The number of nitrogens with zero attached hydrogens (tertiary/aromatic N) is 1. The second kappa shape index (κ2) is 5.07. The number of rotatable bonds is 2. The highest BCUT2D eigenvalue weighted by Crippen LogP contribution is 1.95. The molecule has 1 heterocycles. The van der Waals surface area contributed by atoms with Crippen molar-refractivity contribution in [2.24, 2.45) is 0 Å². The number of aldehydes is 1. The van der Waals surface area contributed by atoms with E-state index in [4.69, 9.17) is 0 Å². The van der Waals surface area contributed by atoms with Crippen molar-refractivity contribution in [2.75, 3.05) is 13.6 Å². The molecular weight excluding hydrogens is 164 g/mol. The summed E-state index contributed by atoms with van der Waals surface area (Å²) in [7, 11) is 1.83. The summed E-state index contributed by atoms with van der Waals surface area (Å²) in [6.07, 6.45) is 2.27. The lowest BCUT2D eigenvalue weighted by Crippen LogP contribution is -2.04. The molecule has 13 heavy (non-hydrogen) atoms. The summed E-state index contributed by atoms with van der Waals surface area (Å²) in [4.78, 5) is 14.3. The molecule has 3 heteroatoms. The van der Waals surface area contributed by atoms with Crippen LogP contribution in [-0.2, 0) is 0 Å². The Morgan fingerprint density at radius 3 is 3.00 bits per heavy atom. The third-order valence-corrected chi connectivity index (χ3v) is 1.40. The van der Waals surface area contributed by atoms with Gasteiger partial charge in [-0.05, 0) is 25.1 Å². The van der Waals surface area contributed by atoms with Gasteiger partial charge in [0.1, 0.15) is 5.69 Å². The highest BCUT2D eigenvalue weighted by molar-refractivity contribution is 5.74. The van der Waals surface area contributed by atoms with E-state index in [2.05, 4.69) is 22.1 Å². The van der Waals surface area contributed by atoms with Gasteiger partial charge in [0.2, 0.25) is 0 Å². The van der Waals surface area contributed by atoms with Crippen LogP contribution in [-0.4, -0.2) is 24.9 Å². The second-order valence-electron chi connectivity index (χ2n) is 2.43. The quantitative estimate of drug-likeness (QED) is 0.523. The fraction of sp³-hybridized carbons (Fsp3) is 0.200. The molecule has 0 amide bonds. The Hall–Kier alpha value is -1.66. The monoisotopic (exact) mass is 174 g/mol. The number of hydrogen-bond acceptors (Lipinski definition) is 3. The van der Waals surface area contributed by atoms with Crippen LogP contribution in [0.5, 0.6) is 0 Å². The van der Waals surface area contributed by atoms with E-state index in [-0.39, 0.29) is 0 Å². The molecule has 1 N–H and O–H groups in total. The molecule has 0 fully saturated rings. The van der Waals surface area contributed by atoms with E-state index < -0.39 is 0 Å². The van der Waals surface area contributed by atoms with E-state index >= 15 is 0 Å². The fourth-order valence-corrected chi connectivity index (χ4v) is 0.772. The normalized spacial score (nSPS) is 8.69. The van der Waals surface area contributed by atoms with Crippen molar-refractivity contribution in [2.45, 2.75) is 0 Å². The van der Waals surface area contributed by atoms with Gasteiger partial charge in [0.15, 0.2) is 6.29 Å². The van der Waals surface area contributed by atoms with Gasteiger partial charge in [0.25, 0.3) is 0 Å². The molecule has 0 spiro atoms. The standard InChI is InChI=1S/C10H10N2O/c1-11-6-2-3-10-5-4-9(8-13)7-12-10/h4-5,7-8,11H,6H2,1H3. The summed E-state index contributed by atoms with van der Waals surface area (Å²) in [6.45, 7) is 0.636. The SMILES string of the molecule is CNCC#Cc1ccc(C=O)cn1. The first-order chi connectivity index (χ1) is 6.36. The van der Waals surface area contributed by atoms with Crippen LogP contribution in [0.1, 0.15) is 16.1 Å². The lowest BCUT2D eigenvalue weighted by Gasteiger charge is -1.89. The number of aromatic nitrogens is 1. The minimum Gasteiger partial charge on any atom is -0.309 e. The zero-order valence-corrected chi connectivity index (χ0v) is 7.37. The van der Waals surface area contributed by atoms with Crippen LogP contribution >= 0.6 is 0 Å². The van der Waals surface area contributed by atoms with Crippen LogP contribution < -0.4 is 5.32 Å². The molecule has 0 unspecified atom stereocenters. The minimum absolute atomic E-state index is 0.569. The maximum absolute atomic E-state index is 10.3. The number of pyridine rings is 1. The van der Waals surface area contributed by atoms with E-state index in [1.165, 1.54) is 6.20 Å². The molecule has 0 saturated heterocycles. The van der Waals surface area contributed by atoms with E-state index in [1.807, 2.05) is 7.05 Å². The van der Waals surface area contributed by atoms with Crippen LogP contribution in [0.2, 0.25) is 0 Å². The van der Waals surface area contributed by atoms with Crippen molar-refractivity contribution >= 4 is 6.29 Å². The Bertz CT molecular complexity index is 332. The van der Waals surface area contributed by atoms with Gasteiger partial charge < -0.3 is 5.32 Å². The van der Waals surface area contributed by atoms with Crippen molar-refractivity contribution in [3.63, 3.8) is 0 Å². The van der Waals surface area contributed by atoms with Gasteiger partial charge in [0, 0.05) is 11.8 Å². The summed E-state index contributed by atoms with van der Waals surface area (Å²) in [6, 6.07) is 3.43. The molecule has 0 aliphatic rings. The zero-order valence-electron chi connectivity index (χ0n) is 7.37. The Morgan fingerprint density at radius 1 is 1.62 bits per heavy atom. The van der Waals surface area contributed by atoms with Crippen molar-refractivity contribution in [1.82, 2.24) is 10.3 Å². The summed E-state index contributed by atoms with van der Waals surface area (Å²) in [5, 5.41) is 2.90. The summed E-state index contributed by atoms with van der Waals surface area (Å²) in [5.74, 6) is 5.73. The van der Waals surface area contributed by atoms with Crippen LogP contribution in [0.15, 0.2) is 18.3 Å². The zero-order chi connectivity index (χ0) is 9.52. The lowest BCUT2D eigenvalue weighted by molar-refractivity contribution is 0.112. The van der Waals surface area contributed by atoms with Gasteiger partial charge in [-0.3, -0.25) is 4.79 Å². The third kappa shape index (κ3) is 3.06. The van der Waals surface area contributed by atoms with Gasteiger partial charge in [-0.25, -0.2) is 4.98 Å². The highest BCUT2D eigenvalue weighted by Gasteiger charge is 1.89. The summed E-state index contributed by atoms with van der Waals surface area (Å²) in [5.41, 5.74) is 1.25. The Balaban J connectivity index is 2.71. The minimum atomic E-state index is 0.569. The average Bonchev–Trinajstić information content (AvgIpc) is 2.19. The summed E-state index contributed by atoms with van der Waals surface area (Å²) < 4.78 is 0. The molecule has 0 atom stereocenters. The molecule has 0 radical (unpaired) electrons. The van der Waals surface area contributed by atoms with E-state index in [0.717, 1.165) is 6.29 Å². The predicted octanol–water partition coefficient (Wildman–Crippen LogP) is 0.465. The molecule has 1 aromatic rings. The first-order valence-electron chi connectivity index (χ1n) is 3.91. The van der Waals surface area contributed by atoms with Crippen LogP contribution in [0.4, 0.5) is 0 Å². The molecule has 1 aromatic heterocycles. The topological polar surface area (TPSA) is 42.0 Å². The number of hydrogen-bond donors (Lipinski definition) is 1. The third-order valence-electron chi connectivity index (χ3n) is 1.40. The van der Waals surface area contributed by atoms with Crippen molar-refractivity contribution in [3.8, 4) is 11.8 Å². The lowest BCUT2D eigenvalue weighted by atomic mass is 10.3. The van der Waals surface area contributed by atoms with Gasteiger partial charge in [-0.15, -0.1) is 0 Å². The Morgan fingerprint density at radius 2 is 2.46 bits per heavy atom. The van der Waals surface area contributed by atoms with Gasteiger partial charge >= 0.3 is 0 Å². The van der Waals surface area contributed by atoms with E-state index in [9.17, 15) is 4.79 Å². The molecule has 0 saturated carbocycles. The molecule has 0 aliphatic carbocycles. The van der Waals surface area contributed by atoms with Gasteiger partial charge in [0.05, 0.1) is 6.54 Å². The molecule has 3 nitrogen and oxygen atoms in total. The molecule has 0 aromatic carbocycles. The van der Waals surface area contributed by atoms with Gasteiger partial charge in [-0.2, -0.15) is 0 Å². The number of nitrogens with one attached hydrogen (secondary N) is 1. The van der Waals surface area contributed by atoms with Crippen molar-refractivity contribution in [3.05, 3.63) is 29.6 Å². The van der Waals surface area contributed by atoms with Crippen molar-refractivity contribution in [1.29, 1.82) is 0 Å². The molecule has 0 aliphatic heterocycles. The summed E-state index contributed by atoms with van der Waals surface area (Å²) >= 11 is 0. The van der Waals surface area contributed by atoms with Crippen LogP contribution in [0, 0.1) is 11.8 Å². The molecule has 1 rings (SSSR count). The van der Waals surface area contributed by atoms with Crippen LogP contribution in [0.25, 0.3) is 0 Å². The maximum atomic E-state index is 10.3. The first-order valence-corrected chi connectivity index (χ1v) is 3.91. The largest absolute Gasteiger partial charge is 0.309 e. The maximum Gasteiger partial charge on any atom is 0.151 e. The Kier molecular flexibility index (Phi) is 3.68. The van der Waals surface area contributed by atoms with Crippen molar-refractivity contribution < 1.29 is 4.79 Å². The highest BCUT2D eigenvalue weighted by atomic mass is 16.1. The fourth-order valence-electron chi connectivity index (χ4n) is 0.772. The first kappa shape index (κ1) is 9.43. The molecular formula is C10H10N2O. The smallest absolute Gasteiger partial charge is 0.151 e. The predicted molar refractivity (Wildman–Crippen MR) is 50.4 cm³/mol. The van der Waals surface area contributed by atoms with Crippen LogP contribution in [0.3, 0.4) is 0 Å². The number of carbonyl (C=O) groups is 1. The molecule has 66 valence electrons. The molecule has 0 bridgehead atoms. The van der Waals surface area contributed by atoms with Gasteiger partial charge in [-0.1, -0.05) is 5.92 Å². The van der Waals surface area contributed by atoms with E-state index in [1.54, 1.807) is 12.1 Å².